The number of benzene rings is 3. The first kappa shape index (κ1) is 42.9. The summed E-state index contributed by atoms with van der Waals surface area (Å²) in [5.41, 5.74) is 5.36. The number of carbonyl (C=O) groups excluding carboxylic acids is 3. The maximum atomic E-state index is 14.5. The Morgan fingerprint density at radius 3 is 1.88 bits per heavy atom. The Morgan fingerprint density at radius 2 is 1.29 bits per heavy atom. The first-order valence-corrected chi connectivity index (χ1v) is 20.5. The van der Waals surface area contributed by atoms with Crippen molar-refractivity contribution in [1.82, 2.24) is 9.88 Å². The molecule has 2 fully saturated rings. The molecule has 3 heterocycles. The third kappa shape index (κ3) is 11.1. The molecular formula is C47H58FN3O7. The maximum Gasteiger partial charge on any atom is 0.258 e. The van der Waals surface area contributed by atoms with E-state index in [0.717, 1.165) is 28.1 Å². The summed E-state index contributed by atoms with van der Waals surface area (Å²) in [5.74, 6) is -2.43. The van der Waals surface area contributed by atoms with Crippen molar-refractivity contribution in [3.05, 3.63) is 102 Å². The molecule has 58 heavy (non-hydrogen) atoms. The first-order valence-electron chi connectivity index (χ1n) is 20.5. The third-order valence-corrected chi connectivity index (χ3v) is 10.5. The summed E-state index contributed by atoms with van der Waals surface area (Å²) >= 11 is 0. The highest BCUT2D eigenvalue weighted by atomic mass is 19.1. The molecule has 2 aliphatic rings. The van der Waals surface area contributed by atoms with Crippen LogP contribution in [-0.4, -0.2) is 64.7 Å². The van der Waals surface area contributed by atoms with E-state index in [1.165, 1.54) is 12.1 Å². The minimum absolute atomic E-state index is 0.0608. The van der Waals surface area contributed by atoms with Gasteiger partial charge in [0, 0.05) is 49.3 Å². The minimum Gasteiger partial charge on any atom is -0.356 e. The fourth-order valence-electron chi connectivity index (χ4n) is 8.50. The van der Waals surface area contributed by atoms with Crippen molar-refractivity contribution in [3.63, 3.8) is 0 Å². The molecule has 0 bridgehead atoms. The minimum atomic E-state index is -0.936. The van der Waals surface area contributed by atoms with Crippen LogP contribution in [0.4, 0.5) is 10.1 Å². The Bertz CT molecular complexity index is 2030. The van der Waals surface area contributed by atoms with E-state index >= 15 is 0 Å². The van der Waals surface area contributed by atoms with Crippen LogP contribution in [0.15, 0.2) is 84.9 Å². The average molecular weight is 796 g/mol. The lowest BCUT2D eigenvalue weighted by atomic mass is 9.94. The lowest BCUT2D eigenvalue weighted by molar-refractivity contribution is -0.300. The molecule has 0 spiro atoms. The van der Waals surface area contributed by atoms with E-state index in [1.54, 1.807) is 19.1 Å². The van der Waals surface area contributed by atoms with E-state index < -0.39 is 11.6 Å². The summed E-state index contributed by atoms with van der Waals surface area (Å²) in [6, 6.07) is 25.7. The Morgan fingerprint density at radius 1 is 0.741 bits per heavy atom. The molecule has 4 atom stereocenters. The number of ether oxygens (including phenoxy) is 4. The molecule has 0 aliphatic carbocycles. The van der Waals surface area contributed by atoms with E-state index in [9.17, 15) is 18.8 Å². The number of amides is 2. The van der Waals surface area contributed by atoms with Crippen molar-refractivity contribution in [1.29, 1.82) is 0 Å². The molecule has 2 N–H and O–H groups in total. The van der Waals surface area contributed by atoms with Crippen LogP contribution in [0, 0.1) is 5.82 Å². The second kappa shape index (κ2) is 18.5. The predicted molar refractivity (Wildman–Crippen MR) is 223 cm³/mol. The van der Waals surface area contributed by atoms with E-state index in [1.807, 2.05) is 88.4 Å². The molecule has 3 aromatic carbocycles. The second-order valence-electron chi connectivity index (χ2n) is 16.8. The monoisotopic (exact) mass is 795 g/mol. The number of ketones is 1. The number of rotatable bonds is 15. The summed E-state index contributed by atoms with van der Waals surface area (Å²) in [5, 5.41) is 6.18. The molecule has 6 rings (SSSR count). The van der Waals surface area contributed by atoms with Crippen LogP contribution in [0.2, 0.25) is 0 Å². The van der Waals surface area contributed by atoms with E-state index in [0.29, 0.717) is 56.4 Å². The zero-order valence-electron chi connectivity index (χ0n) is 34.8. The van der Waals surface area contributed by atoms with Crippen LogP contribution in [0.5, 0.6) is 0 Å². The van der Waals surface area contributed by atoms with Crippen LogP contribution < -0.4 is 10.6 Å². The zero-order chi connectivity index (χ0) is 41.6. The summed E-state index contributed by atoms with van der Waals surface area (Å²) < 4.78 is 41.4. The van der Waals surface area contributed by atoms with Gasteiger partial charge in [0.2, 0.25) is 5.91 Å². The Balaban J connectivity index is 1.23. The number of aromatic nitrogens is 1. The van der Waals surface area contributed by atoms with Gasteiger partial charge < -0.3 is 34.1 Å². The van der Waals surface area contributed by atoms with Crippen molar-refractivity contribution < 1.29 is 37.7 Å². The van der Waals surface area contributed by atoms with Crippen molar-refractivity contribution in [2.45, 2.75) is 135 Å². The van der Waals surface area contributed by atoms with Gasteiger partial charge in [0.1, 0.15) is 11.6 Å². The highest BCUT2D eigenvalue weighted by Gasteiger charge is 2.38. The molecule has 2 amide bonds. The van der Waals surface area contributed by atoms with Gasteiger partial charge in [-0.2, -0.15) is 0 Å². The van der Waals surface area contributed by atoms with Crippen LogP contribution >= 0.6 is 0 Å². The normalized spacial score (nSPS) is 21.4. The second-order valence-corrected chi connectivity index (χ2v) is 16.8. The number of halogens is 1. The number of nitrogens with one attached hydrogen (secondary N) is 2. The smallest absolute Gasteiger partial charge is 0.258 e. The number of Topliss-reactive ketones (excluding diaryl/α,β-unsaturated/α-hetero) is 1. The Kier molecular flexibility index (Phi) is 13.7. The van der Waals surface area contributed by atoms with Gasteiger partial charge in [0.15, 0.2) is 11.6 Å². The highest BCUT2D eigenvalue weighted by Crippen LogP contribution is 2.43. The van der Waals surface area contributed by atoms with Crippen molar-refractivity contribution in [3.8, 4) is 22.4 Å². The highest BCUT2D eigenvalue weighted by molar-refractivity contribution is 6.12. The number of hydrogen-bond donors (Lipinski definition) is 2. The maximum absolute atomic E-state index is 14.5. The lowest BCUT2D eigenvalue weighted by Gasteiger charge is -2.41. The zero-order valence-corrected chi connectivity index (χ0v) is 34.8. The van der Waals surface area contributed by atoms with Gasteiger partial charge in [-0.15, -0.1) is 0 Å². The average Bonchev–Trinajstić information content (AvgIpc) is 3.49. The number of hydrogen-bond acceptors (Lipinski definition) is 7. The summed E-state index contributed by atoms with van der Waals surface area (Å²) in [7, 11) is 0. The summed E-state index contributed by atoms with van der Waals surface area (Å²) in [6.45, 7) is 14.1. The van der Waals surface area contributed by atoms with Gasteiger partial charge in [-0.3, -0.25) is 14.4 Å². The number of nitrogens with zero attached hydrogens (tertiary/aromatic N) is 1. The summed E-state index contributed by atoms with van der Waals surface area (Å²) in [4.78, 5) is 39.5. The van der Waals surface area contributed by atoms with E-state index in [2.05, 4.69) is 29.0 Å². The Hall–Kier alpha value is -4.68. The SMILES string of the molecule is CC(=O)C[C@H]1C[C@@H](CCNC(=O)C[C@H]2C[C@@H](CCn3c(-c4ccc(F)cc4)c(-c4ccccc4)c(C(=O)Nc4ccccc4)c3C(C)C)OC(C)(C)O2)OC(C)(C)O1. The van der Waals surface area contributed by atoms with Crippen molar-refractivity contribution >= 4 is 23.3 Å². The first-order chi connectivity index (χ1) is 27.6. The van der Waals surface area contributed by atoms with Gasteiger partial charge in [-0.05, 0) is 101 Å². The van der Waals surface area contributed by atoms with Crippen LogP contribution in [0.3, 0.4) is 0 Å². The fourth-order valence-corrected chi connectivity index (χ4v) is 8.50. The summed E-state index contributed by atoms with van der Waals surface area (Å²) in [6.07, 6.45) is 1.75. The topological polar surface area (TPSA) is 117 Å². The predicted octanol–water partition coefficient (Wildman–Crippen LogP) is 9.42. The number of carbonyl (C=O) groups is 3. The van der Waals surface area contributed by atoms with Crippen LogP contribution in [0.25, 0.3) is 22.4 Å². The third-order valence-electron chi connectivity index (χ3n) is 10.5. The van der Waals surface area contributed by atoms with Crippen molar-refractivity contribution in [2.24, 2.45) is 0 Å². The van der Waals surface area contributed by atoms with Crippen LogP contribution in [0.1, 0.15) is 109 Å². The fraction of sp³-hybridized carbons (Fsp3) is 0.468. The molecule has 2 saturated heterocycles. The molecule has 0 radical (unpaired) electrons. The lowest BCUT2D eigenvalue weighted by Crippen LogP contribution is -2.47. The largest absolute Gasteiger partial charge is 0.356 e. The van der Waals surface area contributed by atoms with Gasteiger partial charge in [0.05, 0.1) is 42.1 Å². The molecule has 0 unspecified atom stereocenters. The number of para-hydroxylation sites is 1. The molecular weight excluding hydrogens is 738 g/mol. The van der Waals surface area contributed by atoms with Gasteiger partial charge >= 0.3 is 0 Å². The molecule has 310 valence electrons. The molecule has 4 aromatic rings. The van der Waals surface area contributed by atoms with Gasteiger partial charge in [-0.25, -0.2) is 4.39 Å². The van der Waals surface area contributed by atoms with E-state index in [-0.39, 0.29) is 60.2 Å². The molecule has 2 aliphatic heterocycles. The molecule has 10 nitrogen and oxygen atoms in total. The van der Waals surface area contributed by atoms with Crippen molar-refractivity contribution in [2.75, 3.05) is 11.9 Å². The van der Waals surface area contributed by atoms with E-state index in [4.69, 9.17) is 18.9 Å². The van der Waals surface area contributed by atoms with Gasteiger partial charge in [0.25, 0.3) is 5.91 Å². The molecule has 1 aromatic heterocycles. The standard InChI is InChI=1S/C47H58FN3O7/c1-30(2)43-42(45(54)50-35-16-12-9-13-17-35)41(32-14-10-8-11-15-32)44(33-18-20-34(48)21-19-33)51(43)25-23-37-28-39(58-47(6,7)56-37)29-40(53)49-24-22-36-27-38(26-31(3)52)57-46(4,5)55-36/h8-21,30,36-39H,22-29H2,1-7H3,(H,49,53)(H,50,54)/t36-,37-,38+,39-/m1/s1. The number of anilines is 1. The quantitative estimate of drug-likeness (QED) is 0.123. The molecule has 11 heteroatoms. The van der Waals surface area contributed by atoms with Gasteiger partial charge in [-0.1, -0.05) is 62.4 Å². The Labute approximate surface area is 341 Å². The van der Waals surface area contributed by atoms with Crippen LogP contribution in [-0.2, 0) is 35.1 Å². The molecule has 0 saturated carbocycles.